The van der Waals surface area contributed by atoms with Crippen LogP contribution in [0.3, 0.4) is 0 Å². The minimum absolute atomic E-state index is 0.0796. The van der Waals surface area contributed by atoms with E-state index in [1.165, 1.54) is 16.7 Å². The number of aryl methyl sites for hydroxylation is 1. The molecule has 0 saturated heterocycles. The quantitative estimate of drug-likeness (QED) is 0.658. The molecule has 0 aliphatic carbocycles. The molecule has 0 atom stereocenters. The topological polar surface area (TPSA) is 42.5 Å². The molecule has 4 rings (SSSR count). The van der Waals surface area contributed by atoms with Crippen molar-refractivity contribution in [2.75, 3.05) is 13.1 Å². The van der Waals surface area contributed by atoms with Crippen LogP contribution in [0.15, 0.2) is 64.4 Å². The first-order valence-corrected chi connectivity index (χ1v) is 10.7. The van der Waals surface area contributed by atoms with Crippen LogP contribution < -0.4 is 11.2 Å². The minimum Gasteiger partial charge on any atom is -0.311 e. The lowest BCUT2D eigenvalue weighted by Gasteiger charge is -2.31. The Hall–Kier alpha value is -2.92. The monoisotopic (exact) mass is 402 g/mol. The fraction of sp³-hybridized carbons (Fsp3) is 0.360. The van der Waals surface area contributed by atoms with Crippen molar-refractivity contribution in [3.05, 3.63) is 98.5 Å². The summed E-state index contributed by atoms with van der Waals surface area (Å²) in [5, 5.41) is 0. The zero-order valence-corrected chi connectivity index (χ0v) is 18.1. The molecule has 0 spiro atoms. The number of fused-ring (bicyclic) bond motifs is 1. The molecule has 0 radical (unpaired) electrons. The van der Waals surface area contributed by atoms with E-state index < -0.39 is 0 Å². The third kappa shape index (κ3) is 4.03. The predicted molar refractivity (Wildman–Crippen MR) is 120 cm³/mol. The molecule has 1 aromatic heterocycles. The first kappa shape index (κ1) is 20.4. The van der Waals surface area contributed by atoms with Crippen molar-refractivity contribution >= 4 is 0 Å². The lowest BCUT2D eigenvalue weighted by molar-refractivity contribution is 0.236. The van der Waals surface area contributed by atoms with Gasteiger partial charge in [-0.1, -0.05) is 54.6 Å². The van der Waals surface area contributed by atoms with Gasteiger partial charge in [-0.25, -0.2) is 0 Å². The largest absolute Gasteiger partial charge is 0.311 e. The molecule has 0 saturated carbocycles. The fourth-order valence-corrected chi connectivity index (χ4v) is 4.33. The van der Waals surface area contributed by atoms with Gasteiger partial charge in [-0.05, 0) is 30.5 Å². The van der Waals surface area contributed by atoms with E-state index >= 15 is 0 Å². The molecule has 2 heterocycles. The number of nitrogens with zero attached hydrogens (tertiary/aromatic N) is 4. The molecular weight excluding hydrogens is 372 g/mol. The van der Waals surface area contributed by atoms with Crippen molar-refractivity contribution in [1.82, 2.24) is 14.0 Å². The van der Waals surface area contributed by atoms with E-state index in [2.05, 4.69) is 64.9 Å². The van der Waals surface area contributed by atoms with Crippen LogP contribution in [0, 0.1) is 6.92 Å². The average Bonchev–Trinajstić information content (AvgIpc) is 2.76. The van der Waals surface area contributed by atoms with Gasteiger partial charge < -0.3 is 4.57 Å². The highest BCUT2D eigenvalue weighted by atomic mass is 16.1. The SMILES string of the molecule is CC/N=c1/n(Cc2ccccc2C)c2c(c(=O)n1C)CN(Cc1ccccc1)CC2. The van der Waals surface area contributed by atoms with Crippen LogP contribution in [-0.4, -0.2) is 27.1 Å². The molecule has 0 fully saturated rings. The molecule has 0 N–H and O–H groups in total. The first-order valence-electron chi connectivity index (χ1n) is 10.7. The molecule has 5 heteroatoms. The first-order chi connectivity index (χ1) is 14.6. The lowest BCUT2D eigenvalue weighted by atomic mass is 10.0. The van der Waals surface area contributed by atoms with Crippen molar-refractivity contribution in [3.63, 3.8) is 0 Å². The molecule has 30 heavy (non-hydrogen) atoms. The predicted octanol–water partition coefficient (Wildman–Crippen LogP) is 3.02. The van der Waals surface area contributed by atoms with E-state index in [-0.39, 0.29) is 5.56 Å². The number of hydrogen-bond donors (Lipinski definition) is 0. The van der Waals surface area contributed by atoms with Gasteiger partial charge in [0.15, 0.2) is 0 Å². The molecule has 5 nitrogen and oxygen atoms in total. The van der Waals surface area contributed by atoms with Crippen LogP contribution >= 0.6 is 0 Å². The highest BCUT2D eigenvalue weighted by Crippen LogP contribution is 2.19. The third-order valence-corrected chi connectivity index (χ3v) is 5.96. The number of benzene rings is 2. The molecule has 0 unspecified atom stereocenters. The van der Waals surface area contributed by atoms with Crippen LogP contribution in [0.1, 0.15) is 34.9 Å². The van der Waals surface area contributed by atoms with Gasteiger partial charge in [-0.3, -0.25) is 19.3 Å². The van der Waals surface area contributed by atoms with E-state index in [0.717, 1.165) is 42.9 Å². The smallest absolute Gasteiger partial charge is 0.259 e. The standard InChI is InChI=1S/C25H30N4O/c1-4-26-25-27(3)24(30)22-18-28(16-20-11-6-5-7-12-20)15-14-23(22)29(25)17-21-13-9-8-10-19(21)2/h5-13H,4,14-18H2,1-3H3/b26-25+. The maximum absolute atomic E-state index is 13.2. The second kappa shape index (κ2) is 8.84. The Morgan fingerprint density at radius 1 is 1.00 bits per heavy atom. The number of rotatable bonds is 5. The molecule has 0 amide bonds. The van der Waals surface area contributed by atoms with Gasteiger partial charge in [0.1, 0.15) is 0 Å². The summed E-state index contributed by atoms with van der Waals surface area (Å²) in [4.78, 5) is 20.3. The van der Waals surface area contributed by atoms with Crippen LogP contribution in [0.4, 0.5) is 0 Å². The molecular formula is C25H30N4O. The van der Waals surface area contributed by atoms with Crippen LogP contribution in [-0.2, 0) is 33.1 Å². The van der Waals surface area contributed by atoms with Gasteiger partial charge >= 0.3 is 0 Å². The van der Waals surface area contributed by atoms with E-state index in [1.807, 2.05) is 20.0 Å². The van der Waals surface area contributed by atoms with Crippen molar-refractivity contribution in [2.24, 2.45) is 12.0 Å². The Balaban J connectivity index is 1.77. The van der Waals surface area contributed by atoms with Crippen molar-refractivity contribution in [1.29, 1.82) is 0 Å². The number of aromatic nitrogens is 2. The maximum atomic E-state index is 13.2. The van der Waals surface area contributed by atoms with Crippen LogP contribution in [0.5, 0.6) is 0 Å². The summed E-state index contributed by atoms with van der Waals surface area (Å²) in [6.07, 6.45) is 0.858. The summed E-state index contributed by atoms with van der Waals surface area (Å²) >= 11 is 0. The summed E-state index contributed by atoms with van der Waals surface area (Å²) in [6.45, 7) is 8.03. The summed E-state index contributed by atoms with van der Waals surface area (Å²) in [6, 6.07) is 18.9. The van der Waals surface area contributed by atoms with E-state index in [0.29, 0.717) is 13.1 Å². The van der Waals surface area contributed by atoms with E-state index in [9.17, 15) is 4.79 Å². The van der Waals surface area contributed by atoms with Gasteiger partial charge in [0.25, 0.3) is 5.56 Å². The maximum Gasteiger partial charge on any atom is 0.259 e. The minimum atomic E-state index is 0.0796. The van der Waals surface area contributed by atoms with E-state index in [1.54, 1.807) is 4.57 Å². The van der Waals surface area contributed by atoms with Crippen molar-refractivity contribution in [3.8, 4) is 0 Å². The highest BCUT2D eigenvalue weighted by molar-refractivity contribution is 5.28. The summed E-state index contributed by atoms with van der Waals surface area (Å²) < 4.78 is 4.00. The van der Waals surface area contributed by atoms with Gasteiger partial charge in [0.2, 0.25) is 5.62 Å². The zero-order chi connectivity index (χ0) is 21.1. The normalized spacial score (nSPS) is 14.7. The molecule has 3 aromatic rings. The summed E-state index contributed by atoms with van der Waals surface area (Å²) in [5.74, 6) is 0. The van der Waals surface area contributed by atoms with Gasteiger partial charge in [-0.2, -0.15) is 0 Å². The van der Waals surface area contributed by atoms with Crippen molar-refractivity contribution in [2.45, 2.75) is 39.9 Å². The Labute approximate surface area is 178 Å². The fourth-order valence-electron chi connectivity index (χ4n) is 4.33. The average molecular weight is 403 g/mol. The molecule has 156 valence electrons. The molecule has 1 aliphatic heterocycles. The molecule has 0 bridgehead atoms. The second-order valence-electron chi connectivity index (χ2n) is 8.02. The Morgan fingerprint density at radius 3 is 2.47 bits per heavy atom. The Bertz CT molecular complexity index is 1160. The molecule has 1 aliphatic rings. The van der Waals surface area contributed by atoms with E-state index in [4.69, 9.17) is 4.99 Å². The highest BCUT2D eigenvalue weighted by Gasteiger charge is 2.24. The van der Waals surface area contributed by atoms with Gasteiger partial charge in [-0.15, -0.1) is 0 Å². The second-order valence-corrected chi connectivity index (χ2v) is 8.02. The zero-order valence-electron chi connectivity index (χ0n) is 18.1. The summed E-state index contributed by atoms with van der Waals surface area (Å²) in [7, 11) is 1.85. The number of hydrogen-bond acceptors (Lipinski definition) is 3. The van der Waals surface area contributed by atoms with Crippen LogP contribution in [0.25, 0.3) is 0 Å². The Morgan fingerprint density at radius 2 is 1.73 bits per heavy atom. The summed E-state index contributed by atoms with van der Waals surface area (Å²) in [5.41, 5.74) is 6.69. The van der Waals surface area contributed by atoms with Crippen molar-refractivity contribution < 1.29 is 0 Å². The lowest BCUT2D eigenvalue weighted by Crippen LogP contribution is -2.47. The Kier molecular flexibility index (Phi) is 6.00. The van der Waals surface area contributed by atoms with Crippen LogP contribution in [0.2, 0.25) is 0 Å². The molecule has 2 aromatic carbocycles. The van der Waals surface area contributed by atoms with Gasteiger partial charge in [0.05, 0.1) is 12.1 Å². The third-order valence-electron chi connectivity index (χ3n) is 5.96. The van der Waals surface area contributed by atoms with Gasteiger partial charge in [0, 0.05) is 45.3 Å².